The third kappa shape index (κ3) is 3.56. The van der Waals surface area contributed by atoms with E-state index < -0.39 is 5.82 Å². The molecule has 1 aliphatic rings. The molecular formula is C15H20FNO. The summed E-state index contributed by atoms with van der Waals surface area (Å²) in [6, 6.07) is 6.36. The van der Waals surface area contributed by atoms with Crippen molar-refractivity contribution >= 4 is 5.91 Å². The molecule has 1 fully saturated rings. The number of nitrogens with one attached hydrogen (secondary N) is 1. The highest BCUT2D eigenvalue weighted by atomic mass is 19.1. The average molecular weight is 249 g/mol. The van der Waals surface area contributed by atoms with Crippen molar-refractivity contribution < 1.29 is 9.18 Å². The van der Waals surface area contributed by atoms with E-state index in [-0.39, 0.29) is 17.5 Å². The Morgan fingerprint density at radius 1 is 1.06 bits per heavy atom. The number of carbonyl (C=O) groups excluding carboxylic acids is 1. The topological polar surface area (TPSA) is 29.1 Å². The zero-order valence-electron chi connectivity index (χ0n) is 10.6. The minimum Gasteiger partial charge on any atom is -0.349 e. The van der Waals surface area contributed by atoms with Crippen molar-refractivity contribution in [1.29, 1.82) is 0 Å². The molecule has 0 aromatic heterocycles. The number of rotatable bonds is 2. The van der Waals surface area contributed by atoms with Crippen LogP contribution in [0.3, 0.4) is 0 Å². The molecule has 18 heavy (non-hydrogen) atoms. The summed E-state index contributed by atoms with van der Waals surface area (Å²) in [4.78, 5) is 12.0. The number of amides is 1. The Morgan fingerprint density at radius 2 is 1.67 bits per heavy atom. The lowest BCUT2D eigenvalue weighted by Crippen LogP contribution is -2.35. The molecule has 0 unspecified atom stereocenters. The highest BCUT2D eigenvalue weighted by molar-refractivity contribution is 5.94. The van der Waals surface area contributed by atoms with Crippen LogP contribution in [-0.4, -0.2) is 11.9 Å². The summed E-state index contributed by atoms with van der Waals surface area (Å²) in [5, 5.41) is 2.96. The Kier molecular flexibility index (Phi) is 4.73. The first-order valence-electron chi connectivity index (χ1n) is 6.83. The molecule has 1 aliphatic carbocycles. The molecule has 0 heterocycles. The van der Waals surface area contributed by atoms with E-state index in [0.29, 0.717) is 0 Å². The molecule has 1 aromatic rings. The van der Waals surface area contributed by atoms with Gasteiger partial charge in [-0.05, 0) is 25.0 Å². The van der Waals surface area contributed by atoms with Gasteiger partial charge in [0.05, 0.1) is 5.56 Å². The molecule has 1 amide bonds. The summed E-state index contributed by atoms with van der Waals surface area (Å²) in [7, 11) is 0. The van der Waals surface area contributed by atoms with E-state index in [0.717, 1.165) is 25.7 Å². The fourth-order valence-electron chi connectivity index (χ4n) is 2.51. The van der Waals surface area contributed by atoms with Crippen LogP contribution in [0, 0.1) is 5.82 Å². The Morgan fingerprint density at radius 3 is 2.33 bits per heavy atom. The maximum atomic E-state index is 13.5. The van der Waals surface area contributed by atoms with E-state index in [1.807, 2.05) is 0 Å². The van der Waals surface area contributed by atoms with E-state index in [4.69, 9.17) is 0 Å². The van der Waals surface area contributed by atoms with Gasteiger partial charge in [0, 0.05) is 6.04 Å². The fourth-order valence-corrected chi connectivity index (χ4v) is 2.51. The standard InChI is InChI=1S/C15H20FNO/c16-14-11-7-6-10-13(14)15(18)17-12-8-4-2-1-3-5-9-12/h6-7,10-12H,1-5,8-9H2,(H,17,18). The van der Waals surface area contributed by atoms with Gasteiger partial charge in [-0.25, -0.2) is 4.39 Å². The number of benzene rings is 1. The molecule has 2 nitrogen and oxygen atoms in total. The van der Waals surface area contributed by atoms with Gasteiger partial charge in [0.15, 0.2) is 0 Å². The van der Waals surface area contributed by atoms with Crippen LogP contribution in [-0.2, 0) is 0 Å². The van der Waals surface area contributed by atoms with Crippen molar-refractivity contribution in [1.82, 2.24) is 5.32 Å². The normalized spacial score (nSPS) is 17.8. The van der Waals surface area contributed by atoms with Gasteiger partial charge in [0.2, 0.25) is 0 Å². The van der Waals surface area contributed by atoms with Gasteiger partial charge < -0.3 is 5.32 Å². The van der Waals surface area contributed by atoms with Crippen LogP contribution in [0.15, 0.2) is 24.3 Å². The van der Waals surface area contributed by atoms with Gasteiger partial charge in [-0.2, -0.15) is 0 Å². The highest BCUT2D eigenvalue weighted by Gasteiger charge is 2.16. The predicted molar refractivity (Wildman–Crippen MR) is 70.0 cm³/mol. The Balaban J connectivity index is 1.95. The molecule has 0 bridgehead atoms. The molecule has 0 saturated heterocycles. The second kappa shape index (κ2) is 6.53. The van der Waals surface area contributed by atoms with E-state index in [1.54, 1.807) is 12.1 Å². The van der Waals surface area contributed by atoms with E-state index in [9.17, 15) is 9.18 Å². The summed E-state index contributed by atoms with van der Waals surface area (Å²) in [6.45, 7) is 0. The second-order valence-corrected chi connectivity index (χ2v) is 5.00. The van der Waals surface area contributed by atoms with Crippen LogP contribution in [0.1, 0.15) is 55.3 Å². The first-order valence-corrected chi connectivity index (χ1v) is 6.83. The maximum absolute atomic E-state index is 13.5. The summed E-state index contributed by atoms with van der Waals surface area (Å²) < 4.78 is 13.5. The Labute approximate surface area is 108 Å². The SMILES string of the molecule is O=C(NC1CCCCCCC1)c1ccccc1F. The third-order valence-corrected chi connectivity index (χ3v) is 3.56. The number of hydrogen-bond donors (Lipinski definition) is 1. The third-order valence-electron chi connectivity index (χ3n) is 3.56. The van der Waals surface area contributed by atoms with Gasteiger partial charge in [0.1, 0.15) is 5.82 Å². The minimum atomic E-state index is -0.444. The first-order chi connectivity index (χ1) is 8.77. The molecule has 0 spiro atoms. The van der Waals surface area contributed by atoms with Crippen molar-refractivity contribution in [3.8, 4) is 0 Å². The van der Waals surface area contributed by atoms with Crippen LogP contribution < -0.4 is 5.32 Å². The lowest BCUT2D eigenvalue weighted by Gasteiger charge is -2.21. The summed E-state index contributed by atoms with van der Waals surface area (Å²) in [5.41, 5.74) is 0.152. The van der Waals surface area contributed by atoms with Gasteiger partial charge in [-0.3, -0.25) is 4.79 Å². The smallest absolute Gasteiger partial charge is 0.254 e. The molecule has 1 saturated carbocycles. The van der Waals surface area contributed by atoms with Crippen molar-refractivity contribution in [2.24, 2.45) is 0 Å². The van der Waals surface area contributed by atoms with Gasteiger partial charge in [0.25, 0.3) is 5.91 Å². The zero-order valence-corrected chi connectivity index (χ0v) is 10.6. The van der Waals surface area contributed by atoms with Gasteiger partial charge >= 0.3 is 0 Å². The Hall–Kier alpha value is -1.38. The van der Waals surface area contributed by atoms with E-state index in [2.05, 4.69) is 5.32 Å². The lowest BCUT2D eigenvalue weighted by atomic mass is 9.96. The van der Waals surface area contributed by atoms with Crippen molar-refractivity contribution in [3.63, 3.8) is 0 Å². The minimum absolute atomic E-state index is 0.152. The maximum Gasteiger partial charge on any atom is 0.254 e. The first kappa shape index (κ1) is 13.1. The highest BCUT2D eigenvalue weighted by Crippen LogP contribution is 2.17. The van der Waals surface area contributed by atoms with Crippen LogP contribution in [0.2, 0.25) is 0 Å². The van der Waals surface area contributed by atoms with Crippen molar-refractivity contribution in [2.45, 2.75) is 51.0 Å². The van der Waals surface area contributed by atoms with Crippen molar-refractivity contribution in [2.75, 3.05) is 0 Å². The molecular weight excluding hydrogens is 229 g/mol. The summed E-state index contributed by atoms with van der Waals surface area (Å²) in [5.74, 6) is -0.723. The van der Waals surface area contributed by atoms with Crippen molar-refractivity contribution in [3.05, 3.63) is 35.6 Å². The monoisotopic (exact) mass is 249 g/mol. The fraction of sp³-hybridized carbons (Fsp3) is 0.533. The second-order valence-electron chi connectivity index (χ2n) is 5.00. The summed E-state index contributed by atoms with van der Waals surface area (Å²) >= 11 is 0. The molecule has 0 aliphatic heterocycles. The summed E-state index contributed by atoms with van der Waals surface area (Å²) in [6.07, 6.45) is 8.12. The zero-order chi connectivity index (χ0) is 12.8. The number of hydrogen-bond acceptors (Lipinski definition) is 1. The van der Waals surface area contributed by atoms with Gasteiger partial charge in [-0.1, -0.05) is 44.2 Å². The molecule has 2 rings (SSSR count). The molecule has 0 radical (unpaired) electrons. The van der Waals surface area contributed by atoms with Crippen LogP contribution >= 0.6 is 0 Å². The largest absolute Gasteiger partial charge is 0.349 e. The molecule has 98 valence electrons. The predicted octanol–water partition coefficient (Wildman–Crippen LogP) is 3.67. The van der Waals surface area contributed by atoms with E-state index >= 15 is 0 Å². The molecule has 1 aromatic carbocycles. The number of halogens is 1. The lowest BCUT2D eigenvalue weighted by molar-refractivity contribution is 0.0926. The number of carbonyl (C=O) groups is 1. The molecule has 1 N–H and O–H groups in total. The van der Waals surface area contributed by atoms with Gasteiger partial charge in [-0.15, -0.1) is 0 Å². The van der Waals surface area contributed by atoms with Crippen LogP contribution in [0.5, 0.6) is 0 Å². The van der Waals surface area contributed by atoms with E-state index in [1.165, 1.54) is 31.4 Å². The van der Waals surface area contributed by atoms with Crippen LogP contribution in [0.25, 0.3) is 0 Å². The molecule has 0 atom stereocenters. The Bertz CT molecular complexity index is 397. The average Bonchev–Trinajstić information content (AvgIpc) is 2.33. The van der Waals surface area contributed by atoms with Crippen LogP contribution in [0.4, 0.5) is 4.39 Å². The quantitative estimate of drug-likeness (QED) is 0.851. The molecule has 3 heteroatoms.